The van der Waals surface area contributed by atoms with Gasteiger partial charge < -0.3 is 14.4 Å². The number of anilines is 1. The summed E-state index contributed by atoms with van der Waals surface area (Å²) in [5.74, 6) is -1.02. The number of amides is 3. The van der Waals surface area contributed by atoms with Crippen LogP contribution in [0.15, 0.2) is 46.9 Å². The first kappa shape index (κ1) is 26.1. The van der Waals surface area contributed by atoms with Gasteiger partial charge in [0.15, 0.2) is 0 Å². The number of halogens is 5. The van der Waals surface area contributed by atoms with E-state index in [-0.39, 0.29) is 31.2 Å². The van der Waals surface area contributed by atoms with Gasteiger partial charge in [0.2, 0.25) is 0 Å². The number of β-lactam (4-membered cyclic amide) rings is 1. The molecule has 37 heavy (non-hydrogen) atoms. The lowest BCUT2D eigenvalue weighted by molar-refractivity contribution is -0.130. The highest BCUT2D eigenvalue weighted by atomic mass is 79.9. The van der Waals surface area contributed by atoms with Gasteiger partial charge in [0.05, 0.1) is 51.5 Å². The Hall–Kier alpha value is -2.49. The maximum Gasteiger partial charge on any atom is 0.264 e. The van der Waals surface area contributed by atoms with Gasteiger partial charge in [-0.3, -0.25) is 19.3 Å². The number of fused-ring (bicyclic) bond motifs is 1. The number of nitrogens with zero attached hydrogens (tertiary/aromatic N) is 2. The zero-order valence-electron chi connectivity index (χ0n) is 19.0. The van der Waals surface area contributed by atoms with Crippen LogP contribution in [0.5, 0.6) is 11.5 Å². The molecule has 0 aliphatic carbocycles. The first-order valence-corrected chi connectivity index (χ1v) is 13.0. The lowest BCUT2D eigenvalue weighted by Crippen LogP contribution is -2.67. The minimum Gasteiger partial charge on any atom is -0.497 e. The lowest BCUT2D eigenvalue weighted by atomic mass is 9.85. The van der Waals surface area contributed by atoms with Crippen LogP contribution in [0.25, 0.3) is 0 Å². The highest BCUT2D eigenvalue weighted by Crippen LogP contribution is 2.50. The van der Waals surface area contributed by atoms with Gasteiger partial charge in [0, 0.05) is 15.7 Å². The molecule has 1 fully saturated rings. The zero-order chi connectivity index (χ0) is 26.8. The molecule has 2 heterocycles. The molecule has 2 unspecified atom stereocenters. The van der Waals surface area contributed by atoms with Gasteiger partial charge in [-0.15, -0.1) is 0 Å². The predicted molar refractivity (Wildman–Crippen MR) is 145 cm³/mol. The van der Waals surface area contributed by atoms with Crippen molar-refractivity contribution in [3.63, 3.8) is 0 Å². The summed E-state index contributed by atoms with van der Waals surface area (Å²) in [7, 11) is 3.03. The van der Waals surface area contributed by atoms with E-state index in [1.807, 2.05) is 0 Å². The molecule has 7 nitrogen and oxygen atoms in total. The molecule has 3 amide bonds. The third-order valence-electron chi connectivity index (χ3n) is 6.34. The number of imide groups is 1. The number of ether oxygens (including phenoxy) is 2. The molecule has 0 saturated carbocycles. The van der Waals surface area contributed by atoms with Crippen molar-refractivity contribution in [3.05, 3.63) is 83.7 Å². The third kappa shape index (κ3) is 3.89. The highest BCUT2D eigenvalue weighted by Gasteiger charge is 2.59. The molecule has 2 atom stereocenters. The van der Waals surface area contributed by atoms with Gasteiger partial charge in [0.25, 0.3) is 17.7 Å². The van der Waals surface area contributed by atoms with Crippen molar-refractivity contribution < 1.29 is 23.9 Å². The van der Waals surface area contributed by atoms with Crippen molar-refractivity contribution in [2.75, 3.05) is 19.1 Å². The molecule has 2 aliphatic heterocycles. The third-order valence-corrected chi connectivity index (χ3v) is 8.63. The van der Waals surface area contributed by atoms with E-state index in [4.69, 9.17) is 55.9 Å². The quantitative estimate of drug-likeness (QED) is 0.132. The van der Waals surface area contributed by atoms with Gasteiger partial charge in [-0.2, -0.15) is 0 Å². The molecule has 3 aromatic carbocycles. The second-order valence-corrected chi connectivity index (χ2v) is 10.6. The summed E-state index contributed by atoms with van der Waals surface area (Å²) in [6.45, 7) is 0. The predicted octanol–water partition coefficient (Wildman–Crippen LogP) is 6.83. The van der Waals surface area contributed by atoms with E-state index in [0.29, 0.717) is 27.2 Å². The minimum atomic E-state index is -1.22. The second-order valence-electron chi connectivity index (χ2n) is 8.17. The zero-order valence-corrected chi connectivity index (χ0v) is 23.6. The summed E-state index contributed by atoms with van der Waals surface area (Å²) in [6, 6.07) is 10.1. The van der Waals surface area contributed by atoms with E-state index < -0.39 is 29.8 Å². The average molecular weight is 645 g/mol. The van der Waals surface area contributed by atoms with Crippen molar-refractivity contribution in [2.24, 2.45) is 0 Å². The summed E-state index contributed by atoms with van der Waals surface area (Å²) in [5, 5.41) is -0.718. The molecule has 190 valence electrons. The van der Waals surface area contributed by atoms with Crippen LogP contribution in [0, 0.1) is 0 Å². The minimum absolute atomic E-state index is 0.153. The Kier molecular flexibility index (Phi) is 6.83. The van der Waals surface area contributed by atoms with Crippen LogP contribution in [0.3, 0.4) is 0 Å². The summed E-state index contributed by atoms with van der Waals surface area (Å²) < 4.78 is 11.5. The van der Waals surface area contributed by atoms with Crippen LogP contribution < -0.4 is 14.4 Å². The largest absolute Gasteiger partial charge is 0.497 e. The van der Waals surface area contributed by atoms with Crippen molar-refractivity contribution in [1.29, 1.82) is 0 Å². The normalized spacial score (nSPS) is 18.7. The van der Waals surface area contributed by atoms with Gasteiger partial charge in [-0.1, -0.05) is 62.3 Å². The van der Waals surface area contributed by atoms with Gasteiger partial charge in [-0.05, 0) is 42.5 Å². The Morgan fingerprint density at radius 1 is 0.730 bits per heavy atom. The Balaban J connectivity index is 1.66. The maximum absolute atomic E-state index is 13.7. The summed E-state index contributed by atoms with van der Waals surface area (Å²) in [4.78, 5) is 43.2. The van der Waals surface area contributed by atoms with Crippen LogP contribution in [-0.4, -0.2) is 42.9 Å². The molecule has 2 aliphatic rings. The number of hydrogen-bond donors (Lipinski definition) is 0. The fraction of sp³-hybridized carbons (Fsp3) is 0.160. The molecule has 1 saturated heterocycles. The van der Waals surface area contributed by atoms with Crippen LogP contribution in [0.4, 0.5) is 5.69 Å². The first-order valence-electron chi connectivity index (χ1n) is 10.7. The summed E-state index contributed by atoms with van der Waals surface area (Å²) in [5.41, 5.74) is 0.721. The van der Waals surface area contributed by atoms with E-state index in [2.05, 4.69) is 15.9 Å². The molecule has 0 N–H and O–H groups in total. The van der Waals surface area contributed by atoms with Crippen molar-refractivity contribution in [1.82, 2.24) is 4.90 Å². The fourth-order valence-electron chi connectivity index (χ4n) is 4.62. The second kappa shape index (κ2) is 9.67. The molecule has 5 rings (SSSR count). The van der Waals surface area contributed by atoms with E-state index in [1.165, 1.54) is 19.1 Å². The Bertz CT molecular complexity index is 1450. The Labute approximate surface area is 239 Å². The molecular formula is C25H15BrCl4N2O5. The van der Waals surface area contributed by atoms with Crippen molar-refractivity contribution in [3.8, 4) is 11.5 Å². The number of carbonyl (C=O) groups excluding carboxylic acids is 3. The van der Waals surface area contributed by atoms with Crippen LogP contribution in [-0.2, 0) is 4.79 Å². The molecule has 0 bridgehead atoms. The van der Waals surface area contributed by atoms with E-state index in [0.717, 1.165) is 4.90 Å². The topological polar surface area (TPSA) is 76.2 Å². The van der Waals surface area contributed by atoms with Crippen LogP contribution in [0.1, 0.15) is 32.3 Å². The number of methoxy groups -OCH3 is 2. The number of carbonyl (C=O) groups is 3. The van der Waals surface area contributed by atoms with Gasteiger partial charge in [0.1, 0.15) is 17.5 Å². The lowest BCUT2D eigenvalue weighted by Gasteiger charge is -2.50. The molecule has 12 heteroatoms. The fourth-order valence-corrected chi connectivity index (χ4v) is 6.01. The number of benzene rings is 3. The van der Waals surface area contributed by atoms with Crippen LogP contribution >= 0.6 is 62.3 Å². The molecular weight excluding hydrogens is 630 g/mol. The molecule has 0 radical (unpaired) electrons. The maximum atomic E-state index is 13.7. The monoisotopic (exact) mass is 642 g/mol. The molecule has 3 aromatic rings. The summed E-state index contributed by atoms with van der Waals surface area (Å²) >= 11 is 28.4. The highest BCUT2D eigenvalue weighted by molar-refractivity contribution is 9.10. The molecule has 0 spiro atoms. The molecule has 0 aromatic heterocycles. The van der Waals surface area contributed by atoms with Crippen molar-refractivity contribution >= 4 is 85.7 Å². The van der Waals surface area contributed by atoms with Gasteiger partial charge in [-0.25, -0.2) is 0 Å². The SMILES string of the molecule is COc1ccc(N2C(=O)C(N3C(=O)c4c(Cl)c(Cl)c(Cl)c(Cl)c4C3=O)C2c2cc(Br)ccc2OC)cc1. The Morgan fingerprint density at radius 3 is 1.81 bits per heavy atom. The number of hydrogen-bond acceptors (Lipinski definition) is 5. The standard InChI is InChI=1S/C25H15BrCl4N2O5/c1-36-12-6-4-11(5-7-12)31-21(13-9-10(26)3-8-14(13)37-2)22(25(31)35)32-23(33)15-16(24(32)34)18(28)20(30)19(29)17(15)27/h3-9,21-22H,1-2H3. The van der Waals surface area contributed by atoms with Crippen LogP contribution in [0.2, 0.25) is 20.1 Å². The van der Waals surface area contributed by atoms with E-state index in [1.54, 1.807) is 42.5 Å². The Morgan fingerprint density at radius 2 is 1.30 bits per heavy atom. The first-order chi connectivity index (χ1) is 17.6. The number of rotatable bonds is 5. The average Bonchev–Trinajstić information content (AvgIpc) is 3.15. The van der Waals surface area contributed by atoms with E-state index >= 15 is 0 Å². The smallest absolute Gasteiger partial charge is 0.264 e. The van der Waals surface area contributed by atoms with E-state index in [9.17, 15) is 14.4 Å². The summed E-state index contributed by atoms with van der Waals surface area (Å²) in [6.07, 6.45) is 0. The van der Waals surface area contributed by atoms with Gasteiger partial charge >= 0.3 is 0 Å². The van der Waals surface area contributed by atoms with Crippen molar-refractivity contribution in [2.45, 2.75) is 12.1 Å².